The number of benzene rings is 1. The van der Waals surface area contributed by atoms with Crippen molar-refractivity contribution in [2.75, 3.05) is 6.26 Å². The summed E-state index contributed by atoms with van der Waals surface area (Å²) in [5.41, 5.74) is 2.48. The van der Waals surface area contributed by atoms with Crippen molar-refractivity contribution in [2.24, 2.45) is 0 Å². The summed E-state index contributed by atoms with van der Waals surface area (Å²) >= 11 is 0. The third-order valence-electron chi connectivity index (χ3n) is 6.00. The summed E-state index contributed by atoms with van der Waals surface area (Å²) < 4.78 is 76.9. The molecular formula is C22H25F4NO2S. The van der Waals surface area contributed by atoms with Crippen LogP contribution >= 0.6 is 0 Å². The fourth-order valence-electron chi connectivity index (χ4n) is 4.53. The second-order valence-electron chi connectivity index (χ2n) is 7.92. The summed E-state index contributed by atoms with van der Waals surface area (Å²) in [5.74, 6) is 0. The first kappa shape index (κ1) is 22.6. The number of halogens is 4. The third-order valence-corrected chi connectivity index (χ3v) is 7.40. The fourth-order valence-corrected chi connectivity index (χ4v) is 5.64. The van der Waals surface area contributed by atoms with Gasteiger partial charge < -0.3 is 4.90 Å². The molecule has 1 aromatic rings. The van der Waals surface area contributed by atoms with Crippen molar-refractivity contribution in [3.63, 3.8) is 0 Å². The molecule has 30 heavy (non-hydrogen) atoms. The zero-order valence-corrected chi connectivity index (χ0v) is 17.7. The number of hydrogen-bond donors (Lipinski definition) is 0. The Balaban J connectivity index is 2.07. The Hall–Kier alpha value is -2.09. The van der Waals surface area contributed by atoms with Crippen molar-refractivity contribution in [1.82, 2.24) is 4.90 Å². The first-order valence-corrected chi connectivity index (χ1v) is 11.7. The Morgan fingerprint density at radius 1 is 1.17 bits per heavy atom. The van der Waals surface area contributed by atoms with E-state index in [0.717, 1.165) is 61.4 Å². The minimum absolute atomic E-state index is 0.233. The maximum absolute atomic E-state index is 13.1. The number of alkyl halides is 3. The van der Waals surface area contributed by atoms with Crippen LogP contribution in [0.15, 0.2) is 60.1 Å². The molecule has 0 amide bonds. The molecule has 0 spiro atoms. The Kier molecular flexibility index (Phi) is 6.18. The van der Waals surface area contributed by atoms with Crippen LogP contribution in [0.25, 0.3) is 0 Å². The highest BCUT2D eigenvalue weighted by atomic mass is 32.2. The van der Waals surface area contributed by atoms with Crippen LogP contribution in [0.3, 0.4) is 0 Å². The summed E-state index contributed by atoms with van der Waals surface area (Å²) in [6.45, 7) is 5.97. The van der Waals surface area contributed by atoms with Gasteiger partial charge in [0.05, 0.1) is 24.0 Å². The molecule has 0 saturated carbocycles. The van der Waals surface area contributed by atoms with Gasteiger partial charge in [0, 0.05) is 12.0 Å². The molecule has 0 aromatic heterocycles. The predicted octanol–water partition coefficient (Wildman–Crippen LogP) is 5.73. The van der Waals surface area contributed by atoms with E-state index in [1.807, 2.05) is 11.8 Å². The molecule has 0 bridgehead atoms. The fraction of sp³-hybridized carbons (Fsp3) is 0.455. The second kappa shape index (κ2) is 8.21. The first-order valence-electron chi connectivity index (χ1n) is 9.79. The van der Waals surface area contributed by atoms with Gasteiger partial charge in [-0.3, -0.25) is 0 Å². The van der Waals surface area contributed by atoms with Gasteiger partial charge in [-0.2, -0.15) is 13.2 Å². The Labute approximate surface area is 174 Å². The van der Waals surface area contributed by atoms with E-state index in [9.17, 15) is 26.0 Å². The number of sulfone groups is 1. The lowest BCUT2D eigenvalue weighted by Gasteiger charge is -2.39. The van der Waals surface area contributed by atoms with Gasteiger partial charge in [-0.1, -0.05) is 18.7 Å². The van der Waals surface area contributed by atoms with Crippen LogP contribution in [0.1, 0.15) is 49.8 Å². The Morgan fingerprint density at radius 2 is 1.77 bits per heavy atom. The smallest absolute Gasteiger partial charge is 0.359 e. The molecule has 1 aliphatic carbocycles. The molecule has 3 atom stereocenters. The van der Waals surface area contributed by atoms with E-state index in [0.29, 0.717) is 11.1 Å². The molecule has 0 radical (unpaired) electrons. The normalized spacial score (nSPS) is 22.5. The molecule has 3 rings (SSSR count). The number of hydrogen-bond acceptors (Lipinski definition) is 3. The Morgan fingerprint density at radius 3 is 2.30 bits per heavy atom. The third kappa shape index (κ3) is 4.19. The van der Waals surface area contributed by atoms with E-state index in [-0.39, 0.29) is 6.33 Å². The van der Waals surface area contributed by atoms with Crippen molar-refractivity contribution in [3.8, 4) is 0 Å². The minimum Gasteiger partial charge on any atom is -0.359 e. The van der Waals surface area contributed by atoms with Crippen LogP contribution in [-0.2, 0) is 16.0 Å². The van der Waals surface area contributed by atoms with E-state index in [1.54, 1.807) is 0 Å². The molecule has 2 aliphatic rings. The molecule has 2 unspecified atom stereocenters. The van der Waals surface area contributed by atoms with Crippen molar-refractivity contribution in [2.45, 2.75) is 56.1 Å². The van der Waals surface area contributed by atoms with Crippen LogP contribution < -0.4 is 0 Å². The van der Waals surface area contributed by atoms with Gasteiger partial charge in [-0.15, -0.1) is 0 Å². The highest BCUT2D eigenvalue weighted by molar-refractivity contribution is 7.91. The molecule has 0 N–H and O–H groups in total. The molecule has 1 heterocycles. The molecule has 0 saturated heterocycles. The van der Waals surface area contributed by atoms with E-state index in [2.05, 4.69) is 6.58 Å². The van der Waals surface area contributed by atoms with Gasteiger partial charge in [-0.25, -0.2) is 12.8 Å². The zero-order valence-electron chi connectivity index (χ0n) is 16.9. The van der Waals surface area contributed by atoms with Crippen LogP contribution in [-0.4, -0.2) is 30.9 Å². The van der Waals surface area contributed by atoms with Gasteiger partial charge in [-0.05, 0) is 67.5 Å². The average Bonchev–Trinajstić information content (AvgIpc) is 2.96. The monoisotopic (exact) mass is 443 g/mol. The SMILES string of the molecule is C=C1C2=C(CCCC2)N([C@@H](C)c2ccc(C(F)(F)F)cc2)C1C(/C=C/F)S(C)(=O)=O. The molecule has 8 heteroatoms. The molecule has 0 fully saturated rings. The quantitative estimate of drug-likeness (QED) is 0.546. The van der Waals surface area contributed by atoms with Crippen molar-refractivity contribution in [3.05, 3.63) is 71.2 Å². The van der Waals surface area contributed by atoms with Gasteiger partial charge in [0.15, 0.2) is 9.84 Å². The van der Waals surface area contributed by atoms with E-state index in [1.165, 1.54) is 12.1 Å². The van der Waals surface area contributed by atoms with Gasteiger partial charge in [0.1, 0.15) is 5.25 Å². The molecule has 1 aliphatic heterocycles. The number of nitrogens with zero attached hydrogens (tertiary/aromatic N) is 1. The van der Waals surface area contributed by atoms with E-state index in [4.69, 9.17) is 0 Å². The second-order valence-corrected chi connectivity index (χ2v) is 10.1. The lowest BCUT2D eigenvalue weighted by Crippen LogP contribution is -2.44. The summed E-state index contributed by atoms with van der Waals surface area (Å²) in [5, 5.41) is -1.14. The van der Waals surface area contributed by atoms with Crippen molar-refractivity contribution < 1.29 is 26.0 Å². The van der Waals surface area contributed by atoms with Crippen molar-refractivity contribution in [1.29, 1.82) is 0 Å². The lowest BCUT2D eigenvalue weighted by atomic mass is 9.92. The van der Waals surface area contributed by atoms with Crippen LogP contribution in [0.4, 0.5) is 17.6 Å². The average molecular weight is 444 g/mol. The predicted molar refractivity (Wildman–Crippen MR) is 109 cm³/mol. The largest absolute Gasteiger partial charge is 0.416 e. The van der Waals surface area contributed by atoms with Crippen LogP contribution in [0.2, 0.25) is 0 Å². The highest BCUT2D eigenvalue weighted by Gasteiger charge is 2.45. The highest BCUT2D eigenvalue weighted by Crippen LogP contribution is 2.47. The maximum Gasteiger partial charge on any atom is 0.416 e. The van der Waals surface area contributed by atoms with Crippen molar-refractivity contribution >= 4 is 9.84 Å². The van der Waals surface area contributed by atoms with E-state index < -0.39 is 38.9 Å². The molecule has 3 nitrogen and oxygen atoms in total. The molecular weight excluding hydrogens is 418 g/mol. The summed E-state index contributed by atoms with van der Waals surface area (Å²) in [6.07, 6.45) is 1.25. The van der Waals surface area contributed by atoms with E-state index >= 15 is 0 Å². The van der Waals surface area contributed by atoms with Crippen LogP contribution in [0.5, 0.6) is 0 Å². The van der Waals surface area contributed by atoms with Crippen LogP contribution in [0, 0.1) is 0 Å². The first-order chi connectivity index (χ1) is 14.0. The standard InChI is InChI=1S/C22H25F4NO2S/c1-14-18-6-4-5-7-19(18)27(21(14)20(12-13-23)30(3,28)29)15(2)16-8-10-17(11-9-16)22(24,25)26/h8-13,15,20-21H,1,4-7H2,2-3H3/b13-12+/t15-,20?,21?/m0/s1. The number of rotatable bonds is 5. The molecule has 1 aromatic carbocycles. The summed E-state index contributed by atoms with van der Waals surface area (Å²) in [6, 6.07) is 3.77. The van der Waals surface area contributed by atoms with Gasteiger partial charge in [0.2, 0.25) is 0 Å². The summed E-state index contributed by atoms with van der Waals surface area (Å²) in [7, 11) is -3.67. The minimum atomic E-state index is -4.43. The van der Waals surface area contributed by atoms with Gasteiger partial charge >= 0.3 is 6.18 Å². The van der Waals surface area contributed by atoms with Gasteiger partial charge in [0.25, 0.3) is 0 Å². The maximum atomic E-state index is 13.1. The summed E-state index contributed by atoms with van der Waals surface area (Å²) in [4.78, 5) is 1.92. The zero-order chi connectivity index (χ0) is 22.3. The molecule has 164 valence electrons. The Bertz CT molecular complexity index is 977. The lowest BCUT2D eigenvalue weighted by molar-refractivity contribution is -0.137. The number of allylic oxidation sites excluding steroid dienone is 1. The topological polar surface area (TPSA) is 37.4 Å².